The van der Waals surface area contributed by atoms with Crippen molar-refractivity contribution >= 4 is 46.1 Å². The number of anilines is 1. The summed E-state index contributed by atoms with van der Waals surface area (Å²) in [5.41, 5.74) is 1.28. The molecule has 0 spiro atoms. The number of thioether (sulfide) groups is 1. The molecule has 30 heavy (non-hydrogen) atoms. The first kappa shape index (κ1) is 22.6. The molecule has 0 bridgehead atoms. The van der Waals surface area contributed by atoms with Gasteiger partial charge in [0.2, 0.25) is 0 Å². The Bertz CT molecular complexity index is 996. The molecule has 3 rings (SSSR count). The summed E-state index contributed by atoms with van der Waals surface area (Å²) >= 11 is 6.71. The van der Waals surface area contributed by atoms with Gasteiger partial charge < -0.3 is 4.90 Å². The molecule has 2 aliphatic heterocycles. The van der Waals surface area contributed by atoms with Crippen molar-refractivity contribution in [2.45, 2.75) is 66.0 Å². The van der Waals surface area contributed by atoms with Crippen LogP contribution in [0, 0.1) is 18.3 Å². The predicted octanol–water partition coefficient (Wildman–Crippen LogP) is 4.04. The molecule has 0 saturated carbocycles. The summed E-state index contributed by atoms with van der Waals surface area (Å²) in [5.74, 6) is 0.699. The maximum atomic E-state index is 13.0. The zero-order valence-corrected chi connectivity index (χ0v) is 19.7. The molecular formula is C22H28N4O2S2. The maximum Gasteiger partial charge on any atom is 0.270 e. The topological polar surface area (TPSA) is 69.3 Å². The van der Waals surface area contributed by atoms with E-state index in [0.717, 1.165) is 37.3 Å². The Hall–Kier alpha value is -2.11. The lowest BCUT2D eigenvalue weighted by Gasteiger charge is -2.29. The fraction of sp³-hybridized carbons (Fsp3) is 0.545. The molecule has 1 amide bonds. The van der Waals surface area contributed by atoms with Crippen molar-refractivity contribution in [1.82, 2.24) is 9.47 Å². The van der Waals surface area contributed by atoms with Crippen molar-refractivity contribution in [2.24, 2.45) is 0 Å². The van der Waals surface area contributed by atoms with Crippen LogP contribution in [0.25, 0.3) is 6.08 Å². The lowest BCUT2D eigenvalue weighted by molar-refractivity contribution is -0.123. The van der Waals surface area contributed by atoms with E-state index in [1.165, 1.54) is 24.6 Å². The van der Waals surface area contributed by atoms with E-state index in [9.17, 15) is 14.9 Å². The van der Waals surface area contributed by atoms with E-state index < -0.39 is 0 Å². The van der Waals surface area contributed by atoms with Crippen LogP contribution in [0.4, 0.5) is 5.82 Å². The van der Waals surface area contributed by atoms with Crippen LogP contribution in [0.15, 0.2) is 9.70 Å². The Labute approximate surface area is 187 Å². The number of hydrogen-bond acceptors (Lipinski definition) is 6. The van der Waals surface area contributed by atoms with Crippen LogP contribution >= 0.6 is 24.0 Å². The normalized spacial score (nSPS) is 19.0. The molecule has 1 aromatic heterocycles. The number of hydrogen-bond donors (Lipinski definition) is 0. The molecule has 0 unspecified atom stereocenters. The van der Waals surface area contributed by atoms with E-state index in [2.05, 4.69) is 11.0 Å². The number of carbonyl (C=O) groups excluding carboxylic acids is 1. The lowest BCUT2D eigenvalue weighted by atomic mass is 10.0. The second-order valence-electron chi connectivity index (χ2n) is 7.95. The van der Waals surface area contributed by atoms with Crippen LogP contribution in [-0.2, 0) is 11.3 Å². The highest BCUT2D eigenvalue weighted by Crippen LogP contribution is 2.37. The second kappa shape index (κ2) is 9.36. The van der Waals surface area contributed by atoms with Gasteiger partial charge in [-0.3, -0.25) is 19.1 Å². The molecule has 0 radical (unpaired) electrons. The average molecular weight is 445 g/mol. The Kier molecular flexibility index (Phi) is 7.04. The molecule has 6 nitrogen and oxygen atoms in total. The van der Waals surface area contributed by atoms with Crippen molar-refractivity contribution in [2.75, 3.05) is 18.0 Å². The van der Waals surface area contributed by atoms with Crippen molar-refractivity contribution < 1.29 is 4.79 Å². The largest absolute Gasteiger partial charge is 0.357 e. The number of carbonyl (C=O) groups is 1. The van der Waals surface area contributed by atoms with Crippen molar-refractivity contribution in [3.8, 4) is 6.07 Å². The van der Waals surface area contributed by atoms with E-state index in [0.29, 0.717) is 21.3 Å². The smallest absolute Gasteiger partial charge is 0.270 e. The zero-order valence-electron chi connectivity index (χ0n) is 18.0. The highest BCUT2D eigenvalue weighted by Gasteiger charge is 2.34. The number of nitriles is 1. The SMILES string of the molecule is CCn1c(N2CCCCCC2)c(/C=C2\SC(=S)N(C(C)C)C2=O)c(C)c(C#N)c1=O. The van der Waals surface area contributed by atoms with Gasteiger partial charge >= 0.3 is 0 Å². The third-order valence-electron chi connectivity index (χ3n) is 5.68. The first-order valence-electron chi connectivity index (χ1n) is 10.5. The molecular weight excluding hydrogens is 416 g/mol. The van der Waals surface area contributed by atoms with Crippen LogP contribution in [0.2, 0.25) is 0 Å². The first-order valence-corrected chi connectivity index (χ1v) is 11.7. The van der Waals surface area contributed by atoms with Gasteiger partial charge in [0.05, 0.1) is 4.91 Å². The third-order valence-corrected chi connectivity index (χ3v) is 7.01. The van der Waals surface area contributed by atoms with Crippen LogP contribution in [-0.4, -0.2) is 38.8 Å². The molecule has 160 valence electrons. The number of thiocarbonyl (C=S) groups is 1. The Balaban J connectivity index is 2.25. The van der Waals surface area contributed by atoms with Gasteiger partial charge in [-0.15, -0.1) is 0 Å². The standard InChI is InChI=1S/C22H28N4O2S2/c1-5-25-19(24-10-8-6-7-9-11-24)16(15(4)17(13-23)20(25)27)12-18-21(28)26(14(2)3)22(29)30-18/h12,14H,5-11H2,1-4H3/b18-12-. The summed E-state index contributed by atoms with van der Waals surface area (Å²) < 4.78 is 2.23. The van der Waals surface area contributed by atoms with Gasteiger partial charge in [-0.25, -0.2) is 0 Å². The van der Waals surface area contributed by atoms with Crippen molar-refractivity contribution in [3.63, 3.8) is 0 Å². The summed E-state index contributed by atoms with van der Waals surface area (Å²) in [6.07, 6.45) is 6.30. The molecule has 2 aliphatic rings. The number of rotatable bonds is 4. The summed E-state index contributed by atoms with van der Waals surface area (Å²) in [5, 5.41) is 9.66. The van der Waals surface area contributed by atoms with Gasteiger partial charge in [0, 0.05) is 31.2 Å². The van der Waals surface area contributed by atoms with Crippen LogP contribution in [0.5, 0.6) is 0 Å². The summed E-state index contributed by atoms with van der Waals surface area (Å²) in [6.45, 7) is 9.78. The minimum atomic E-state index is -0.261. The van der Waals surface area contributed by atoms with Crippen LogP contribution in [0.3, 0.4) is 0 Å². The van der Waals surface area contributed by atoms with Gasteiger partial charge in [0.25, 0.3) is 11.5 Å². The van der Waals surface area contributed by atoms with E-state index in [-0.39, 0.29) is 23.1 Å². The molecule has 0 aliphatic carbocycles. The average Bonchev–Trinajstić information content (AvgIpc) is 2.87. The van der Waals surface area contributed by atoms with E-state index in [1.807, 2.05) is 26.8 Å². The van der Waals surface area contributed by atoms with Crippen molar-refractivity contribution in [1.29, 1.82) is 5.26 Å². The van der Waals surface area contributed by atoms with Gasteiger partial charge in [-0.1, -0.05) is 36.8 Å². The van der Waals surface area contributed by atoms with Crippen LogP contribution in [0.1, 0.15) is 63.1 Å². The fourth-order valence-corrected chi connectivity index (χ4v) is 5.62. The zero-order chi connectivity index (χ0) is 22.0. The molecule has 8 heteroatoms. The molecule has 2 saturated heterocycles. The molecule has 0 aromatic carbocycles. The van der Waals surface area contributed by atoms with E-state index >= 15 is 0 Å². The quantitative estimate of drug-likeness (QED) is 0.516. The number of aromatic nitrogens is 1. The van der Waals surface area contributed by atoms with Gasteiger partial charge in [0.1, 0.15) is 21.8 Å². The monoisotopic (exact) mass is 444 g/mol. The molecule has 2 fully saturated rings. The van der Waals surface area contributed by atoms with E-state index in [4.69, 9.17) is 12.2 Å². The molecule has 0 atom stereocenters. The highest BCUT2D eigenvalue weighted by atomic mass is 32.2. The summed E-state index contributed by atoms with van der Waals surface area (Å²) in [6, 6.07) is 2.06. The summed E-state index contributed by atoms with van der Waals surface area (Å²) in [7, 11) is 0. The predicted molar refractivity (Wildman–Crippen MR) is 127 cm³/mol. The number of amides is 1. The van der Waals surface area contributed by atoms with Gasteiger partial charge in [-0.05, 0) is 52.2 Å². The minimum Gasteiger partial charge on any atom is -0.357 e. The lowest BCUT2D eigenvalue weighted by Crippen LogP contribution is -2.35. The number of pyridine rings is 1. The summed E-state index contributed by atoms with van der Waals surface area (Å²) in [4.78, 5) is 30.4. The Morgan fingerprint density at radius 1 is 1.20 bits per heavy atom. The second-order valence-corrected chi connectivity index (χ2v) is 9.62. The molecule has 1 aromatic rings. The first-order chi connectivity index (χ1) is 14.3. The minimum absolute atomic E-state index is 0.0196. The molecule has 0 N–H and O–H groups in total. The van der Waals surface area contributed by atoms with Gasteiger partial charge in [0.15, 0.2) is 0 Å². The van der Waals surface area contributed by atoms with Crippen LogP contribution < -0.4 is 10.5 Å². The maximum absolute atomic E-state index is 13.0. The molecule has 3 heterocycles. The number of nitrogens with zero attached hydrogens (tertiary/aromatic N) is 4. The van der Waals surface area contributed by atoms with Gasteiger partial charge in [-0.2, -0.15) is 5.26 Å². The van der Waals surface area contributed by atoms with E-state index in [1.54, 1.807) is 16.4 Å². The fourth-order valence-electron chi connectivity index (χ4n) is 4.12. The Morgan fingerprint density at radius 2 is 1.83 bits per heavy atom. The van der Waals surface area contributed by atoms with Crippen molar-refractivity contribution in [3.05, 3.63) is 31.9 Å². The highest BCUT2D eigenvalue weighted by molar-refractivity contribution is 8.26. The Morgan fingerprint density at radius 3 is 2.33 bits per heavy atom. The third kappa shape index (κ3) is 4.06.